The van der Waals surface area contributed by atoms with Crippen molar-refractivity contribution in [3.63, 3.8) is 0 Å². The summed E-state index contributed by atoms with van der Waals surface area (Å²) in [4.78, 5) is 14.3. The number of rotatable bonds is 2. The fourth-order valence-electron chi connectivity index (χ4n) is 3.11. The maximum atomic E-state index is 13.2. The molecule has 0 aromatic heterocycles. The minimum Gasteiger partial charge on any atom is -0.341 e. The minimum absolute atomic E-state index is 0.137. The second-order valence-corrected chi connectivity index (χ2v) is 6.55. The highest BCUT2D eigenvalue weighted by Crippen LogP contribution is 2.22. The lowest BCUT2D eigenvalue weighted by Crippen LogP contribution is -2.39. The summed E-state index contributed by atoms with van der Waals surface area (Å²) in [5, 5.41) is 3.57. The molecule has 0 aliphatic carbocycles. The Balaban J connectivity index is 1.65. The van der Waals surface area contributed by atoms with E-state index < -0.39 is 0 Å². The fraction of sp³-hybridized carbons (Fsp3) is 0.533. The van der Waals surface area contributed by atoms with Crippen molar-refractivity contribution < 1.29 is 9.18 Å². The van der Waals surface area contributed by atoms with Gasteiger partial charge in [-0.15, -0.1) is 0 Å². The van der Waals surface area contributed by atoms with Crippen LogP contribution in [-0.2, 0) is 11.2 Å². The Bertz CT molecular complexity index is 523. The predicted octanol–water partition coefficient (Wildman–Crippen LogP) is 2.48. The van der Waals surface area contributed by atoms with E-state index in [0.29, 0.717) is 23.0 Å². The molecule has 1 aromatic carbocycles. The Morgan fingerprint density at radius 2 is 2.15 bits per heavy atom. The highest BCUT2D eigenvalue weighted by atomic mass is 79.9. The Morgan fingerprint density at radius 1 is 1.35 bits per heavy atom. The van der Waals surface area contributed by atoms with Crippen molar-refractivity contribution in [3.05, 3.63) is 34.1 Å². The van der Waals surface area contributed by atoms with Crippen molar-refractivity contribution in [3.8, 4) is 0 Å². The van der Waals surface area contributed by atoms with E-state index in [0.717, 1.165) is 31.5 Å². The van der Waals surface area contributed by atoms with Gasteiger partial charge < -0.3 is 10.2 Å². The first kappa shape index (κ1) is 14.0. The Kier molecular flexibility index (Phi) is 4.08. The highest BCUT2D eigenvalue weighted by Gasteiger charge is 2.30. The van der Waals surface area contributed by atoms with Crippen molar-refractivity contribution in [1.29, 1.82) is 0 Å². The summed E-state index contributed by atoms with van der Waals surface area (Å²) in [6.07, 6.45) is 3.78. The van der Waals surface area contributed by atoms with E-state index in [-0.39, 0.29) is 11.7 Å². The van der Waals surface area contributed by atoms with Gasteiger partial charge in [0.25, 0.3) is 0 Å². The lowest BCUT2D eigenvalue weighted by atomic mass is 10.1. The summed E-state index contributed by atoms with van der Waals surface area (Å²) in [6, 6.07) is 5.80. The van der Waals surface area contributed by atoms with Gasteiger partial charge in [0, 0.05) is 25.2 Å². The molecule has 3 rings (SSSR count). The first-order chi connectivity index (χ1) is 9.61. The van der Waals surface area contributed by atoms with Crippen molar-refractivity contribution in [2.45, 2.75) is 37.8 Å². The molecule has 1 aromatic rings. The van der Waals surface area contributed by atoms with Gasteiger partial charge in [0.2, 0.25) is 5.91 Å². The molecule has 1 amide bonds. The fourth-order valence-corrected chi connectivity index (χ4v) is 3.53. The third-order valence-corrected chi connectivity index (χ3v) is 4.82. The number of nitrogens with one attached hydrogen (secondary N) is 1. The van der Waals surface area contributed by atoms with E-state index in [1.54, 1.807) is 12.1 Å². The average molecular weight is 341 g/mol. The molecule has 2 heterocycles. The van der Waals surface area contributed by atoms with E-state index in [4.69, 9.17) is 0 Å². The number of hydrogen-bond donors (Lipinski definition) is 1. The van der Waals surface area contributed by atoms with E-state index >= 15 is 0 Å². The Morgan fingerprint density at radius 3 is 2.95 bits per heavy atom. The van der Waals surface area contributed by atoms with Crippen LogP contribution < -0.4 is 5.32 Å². The number of hydrogen-bond acceptors (Lipinski definition) is 2. The smallest absolute Gasteiger partial charge is 0.227 e. The van der Waals surface area contributed by atoms with Gasteiger partial charge in [-0.05, 0) is 52.9 Å². The van der Waals surface area contributed by atoms with Crippen LogP contribution in [0.4, 0.5) is 4.39 Å². The summed E-state index contributed by atoms with van der Waals surface area (Å²) in [7, 11) is 0. The van der Waals surface area contributed by atoms with Crippen LogP contribution in [0.15, 0.2) is 22.7 Å². The Labute approximate surface area is 126 Å². The zero-order valence-electron chi connectivity index (χ0n) is 11.2. The second kappa shape index (κ2) is 5.82. The number of nitrogens with zero attached hydrogens (tertiary/aromatic N) is 1. The SMILES string of the molecule is O=C(Cc1ccc(F)c(Br)c1)N1CCC2CCC(C1)N2. The molecule has 0 radical (unpaired) electrons. The van der Waals surface area contributed by atoms with Gasteiger partial charge in [0.15, 0.2) is 0 Å². The molecular formula is C15H18BrFN2O. The van der Waals surface area contributed by atoms with Crippen molar-refractivity contribution in [1.82, 2.24) is 10.2 Å². The molecule has 3 nitrogen and oxygen atoms in total. The van der Waals surface area contributed by atoms with Gasteiger partial charge in [-0.2, -0.15) is 0 Å². The molecule has 2 aliphatic rings. The number of benzene rings is 1. The number of fused-ring (bicyclic) bond motifs is 2. The van der Waals surface area contributed by atoms with Gasteiger partial charge in [0.1, 0.15) is 5.82 Å². The molecule has 2 bridgehead atoms. The van der Waals surface area contributed by atoms with Gasteiger partial charge in [-0.1, -0.05) is 6.07 Å². The third kappa shape index (κ3) is 3.04. The summed E-state index contributed by atoms with van der Waals surface area (Å²) in [5.41, 5.74) is 0.852. The van der Waals surface area contributed by atoms with Gasteiger partial charge >= 0.3 is 0 Å². The van der Waals surface area contributed by atoms with Gasteiger partial charge in [-0.3, -0.25) is 4.79 Å². The zero-order chi connectivity index (χ0) is 14.1. The van der Waals surface area contributed by atoms with Crippen molar-refractivity contribution in [2.75, 3.05) is 13.1 Å². The summed E-state index contributed by atoms with van der Waals surface area (Å²) >= 11 is 3.16. The van der Waals surface area contributed by atoms with Crippen LogP contribution in [0.1, 0.15) is 24.8 Å². The predicted molar refractivity (Wildman–Crippen MR) is 78.9 cm³/mol. The number of carbonyl (C=O) groups excluding carboxylic acids is 1. The molecule has 108 valence electrons. The van der Waals surface area contributed by atoms with Crippen molar-refractivity contribution >= 4 is 21.8 Å². The van der Waals surface area contributed by atoms with Crippen LogP contribution in [0.25, 0.3) is 0 Å². The molecule has 20 heavy (non-hydrogen) atoms. The van der Waals surface area contributed by atoms with E-state index in [9.17, 15) is 9.18 Å². The molecule has 0 saturated carbocycles. The third-order valence-electron chi connectivity index (χ3n) is 4.22. The maximum absolute atomic E-state index is 13.2. The monoisotopic (exact) mass is 340 g/mol. The van der Waals surface area contributed by atoms with Crippen LogP contribution in [0, 0.1) is 5.82 Å². The topological polar surface area (TPSA) is 32.3 Å². The Hall–Kier alpha value is -0.940. The lowest BCUT2D eigenvalue weighted by molar-refractivity contribution is -0.130. The average Bonchev–Trinajstić information content (AvgIpc) is 2.73. The molecule has 1 N–H and O–H groups in total. The van der Waals surface area contributed by atoms with Crippen LogP contribution in [0.5, 0.6) is 0 Å². The number of amides is 1. The molecule has 0 spiro atoms. The first-order valence-electron chi connectivity index (χ1n) is 7.09. The lowest BCUT2D eigenvalue weighted by Gasteiger charge is -2.24. The number of likely N-dealkylation sites (tertiary alicyclic amines) is 1. The molecule has 2 saturated heterocycles. The van der Waals surface area contributed by atoms with E-state index in [2.05, 4.69) is 21.2 Å². The first-order valence-corrected chi connectivity index (χ1v) is 7.89. The highest BCUT2D eigenvalue weighted by molar-refractivity contribution is 9.10. The van der Waals surface area contributed by atoms with Crippen LogP contribution in [0.3, 0.4) is 0 Å². The quantitative estimate of drug-likeness (QED) is 0.896. The summed E-state index contributed by atoms with van der Waals surface area (Å²) < 4.78 is 13.6. The minimum atomic E-state index is -0.294. The van der Waals surface area contributed by atoms with Crippen LogP contribution in [-0.4, -0.2) is 36.0 Å². The largest absolute Gasteiger partial charge is 0.341 e. The molecular weight excluding hydrogens is 323 g/mol. The van der Waals surface area contributed by atoms with E-state index in [1.165, 1.54) is 12.5 Å². The second-order valence-electron chi connectivity index (χ2n) is 5.69. The normalized spacial score (nSPS) is 25.6. The zero-order valence-corrected chi connectivity index (χ0v) is 12.8. The van der Waals surface area contributed by atoms with Crippen LogP contribution in [0.2, 0.25) is 0 Å². The standard InChI is InChI=1S/C15H18BrFN2O/c16-13-7-10(1-4-14(13)17)8-15(20)19-6-5-11-2-3-12(9-19)18-11/h1,4,7,11-12,18H,2-3,5-6,8-9H2. The van der Waals surface area contributed by atoms with Crippen LogP contribution >= 0.6 is 15.9 Å². The molecule has 2 fully saturated rings. The number of halogens is 2. The summed E-state index contributed by atoms with van der Waals surface area (Å²) in [6.45, 7) is 1.63. The maximum Gasteiger partial charge on any atom is 0.227 e. The molecule has 2 aliphatic heterocycles. The van der Waals surface area contributed by atoms with Crippen molar-refractivity contribution in [2.24, 2.45) is 0 Å². The number of carbonyl (C=O) groups is 1. The van der Waals surface area contributed by atoms with Gasteiger partial charge in [-0.25, -0.2) is 4.39 Å². The summed E-state index contributed by atoms with van der Waals surface area (Å²) in [5.74, 6) is -0.157. The van der Waals surface area contributed by atoms with E-state index in [1.807, 2.05) is 4.90 Å². The molecule has 2 atom stereocenters. The van der Waals surface area contributed by atoms with Gasteiger partial charge in [0.05, 0.1) is 10.9 Å². The molecule has 5 heteroatoms. The molecule has 2 unspecified atom stereocenters.